The second-order valence-electron chi connectivity index (χ2n) is 4.59. The van der Waals surface area contributed by atoms with E-state index in [-0.39, 0.29) is 17.4 Å². The molecule has 1 N–H and O–H groups in total. The Morgan fingerprint density at radius 1 is 1.44 bits per heavy atom. The summed E-state index contributed by atoms with van der Waals surface area (Å²) in [6, 6.07) is 4.40. The summed E-state index contributed by atoms with van der Waals surface area (Å²) in [6.07, 6.45) is -0.924. The lowest BCUT2D eigenvalue weighted by Crippen LogP contribution is -2.44. The average Bonchev–Trinajstić information content (AvgIpc) is 2.29. The maximum atomic E-state index is 14.0. The summed E-state index contributed by atoms with van der Waals surface area (Å²) in [5, 5.41) is 8.92. The molecule has 4 nitrogen and oxygen atoms in total. The molecule has 0 spiro atoms. The minimum atomic E-state index is -1.36. The van der Waals surface area contributed by atoms with E-state index in [1.165, 1.54) is 25.1 Å². The van der Waals surface area contributed by atoms with E-state index in [4.69, 9.17) is 5.11 Å². The van der Waals surface area contributed by atoms with Crippen molar-refractivity contribution in [2.24, 2.45) is 5.92 Å². The van der Waals surface area contributed by atoms with Crippen molar-refractivity contribution in [1.29, 1.82) is 0 Å². The first-order chi connectivity index (χ1) is 8.41. The molecule has 1 aromatic rings. The first-order valence-electron chi connectivity index (χ1n) is 5.72. The fourth-order valence-corrected chi connectivity index (χ4v) is 2.29. The Kier molecular flexibility index (Phi) is 3.07. The summed E-state index contributed by atoms with van der Waals surface area (Å²) in [7, 11) is 0. The molecule has 2 atom stereocenters. The molecule has 1 aliphatic heterocycles. The zero-order chi connectivity index (χ0) is 13.4. The Morgan fingerprint density at radius 3 is 2.67 bits per heavy atom. The van der Waals surface area contributed by atoms with Gasteiger partial charge < -0.3 is 5.11 Å². The van der Waals surface area contributed by atoms with Crippen molar-refractivity contribution in [3.05, 3.63) is 29.3 Å². The first-order valence-corrected chi connectivity index (χ1v) is 5.72. The van der Waals surface area contributed by atoms with Crippen LogP contribution in [-0.4, -0.2) is 23.3 Å². The quantitative estimate of drug-likeness (QED) is 0.778. The van der Waals surface area contributed by atoms with Gasteiger partial charge in [0.1, 0.15) is 0 Å². The van der Waals surface area contributed by atoms with E-state index < -0.39 is 12.3 Å². The fourth-order valence-electron chi connectivity index (χ4n) is 2.29. The van der Waals surface area contributed by atoms with Crippen LogP contribution in [0.15, 0.2) is 18.2 Å². The Balaban J connectivity index is 2.52. The SMILES string of the molecule is CC(=O)N1c2ccc(C(=O)O)cc2CC(C)[C@@H]1F. The van der Waals surface area contributed by atoms with Gasteiger partial charge in [-0.05, 0) is 30.2 Å². The summed E-state index contributed by atoms with van der Waals surface area (Å²) >= 11 is 0. The number of carbonyl (C=O) groups is 2. The molecule has 0 aromatic heterocycles. The Morgan fingerprint density at radius 2 is 2.11 bits per heavy atom. The van der Waals surface area contributed by atoms with Crippen molar-refractivity contribution in [3.63, 3.8) is 0 Å². The molecule has 18 heavy (non-hydrogen) atoms. The number of carboxylic acid groups (broad SMARTS) is 1. The lowest BCUT2D eigenvalue weighted by Gasteiger charge is -2.36. The number of rotatable bonds is 1. The highest BCUT2D eigenvalue weighted by molar-refractivity contribution is 5.95. The number of carboxylic acids is 1. The third kappa shape index (κ3) is 1.96. The zero-order valence-electron chi connectivity index (χ0n) is 10.2. The molecule has 1 heterocycles. The lowest BCUT2D eigenvalue weighted by atomic mass is 9.91. The number of amides is 1. The third-order valence-corrected chi connectivity index (χ3v) is 3.18. The van der Waals surface area contributed by atoms with Crippen LogP contribution in [-0.2, 0) is 11.2 Å². The molecule has 0 saturated heterocycles. The van der Waals surface area contributed by atoms with E-state index in [9.17, 15) is 14.0 Å². The normalized spacial score (nSPS) is 22.5. The van der Waals surface area contributed by atoms with Crippen LogP contribution in [0.3, 0.4) is 0 Å². The predicted octanol–water partition coefficient (Wildman–Crippen LogP) is 2.23. The highest BCUT2D eigenvalue weighted by Gasteiger charge is 2.34. The molecule has 0 saturated carbocycles. The molecule has 5 heteroatoms. The van der Waals surface area contributed by atoms with Gasteiger partial charge in [-0.2, -0.15) is 0 Å². The molecule has 2 rings (SSSR count). The summed E-state index contributed by atoms with van der Waals surface area (Å²) in [6.45, 7) is 3.01. The summed E-state index contributed by atoms with van der Waals surface area (Å²) < 4.78 is 14.0. The van der Waals surface area contributed by atoms with E-state index in [1.54, 1.807) is 6.92 Å². The molecule has 1 amide bonds. The number of alkyl halides is 1. The van der Waals surface area contributed by atoms with Gasteiger partial charge in [-0.25, -0.2) is 9.18 Å². The number of nitrogens with zero attached hydrogens (tertiary/aromatic N) is 1. The Labute approximate surface area is 104 Å². The van der Waals surface area contributed by atoms with Crippen molar-refractivity contribution in [2.75, 3.05) is 4.90 Å². The topological polar surface area (TPSA) is 57.6 Å². The number of anilines is 1. The number of halogens is 1. The molecule has 0 fully saturated rings. The Hall–Kier alpha value is -1.91. The van der Waals surface area contributed by atoms with E-state index in [0.29, 0.717) is 17.7 Å². The van der Waals surface area contributed by atoms with Crippen LogP contribution in [0, 0.1) is 5.92 Å². The second-order valence-corrected chi connectivity index (χ2v) is 4.59. The van der Waals surface area contributed by atoms with Crippen molar-refractivity contribution < 1.29 is 19.1 Å². The maximum absolute atomic E-state index is 14.0. The molecule has 1 aromatic carbocycles. The monoisotopic (exact) mass is 251 g/mol. The molecular weight excluding hydrogens is 237 g/mol. The van der Waals surface area contributed by atoms with Gasteiger partial charge in [0.05, 0.1) is 5.56 Å². The maximum Gasteiger partial charge on any atom is 0.335 e. The van der Waals surface area contributed by atoms with Gasteiger partial charge in [0, 0.05) is 18.5 Å². The third-order valence-electron chi connectivity index (χ3n) is 3.18. The standard InChI is InChI=1S/C13H14FNO3/c1-7-5-10-6-9(13(17)18)3-4-11(10)15(8(2)16)12(7)14/h3-4,6-7,12H,5H2,1-2H3,(H,17,18)/t7?,12-/m1/s1. The van der Waals surface area contributed by atoms with E-state index in [2.05, 4.69) is 0 Å². The first kappa shape index (κ1) is 12.5. The fraction of sp³-hybridized carbons (Fsp3) is 0.385. The smallest absolute Gasteiger partial charge is 0.335 e. The van der Waals surface area contributed by atoms with Gasteiger partial charge in [-0.15, -0.1) is 0 Å². The average molecular weight is 251 g/mol. The molecule has 0 radical (unpaired) electrons. The number of benzene rings is 1. The van der Waals surface area contributed by atoms with E-state index in [1.807, 2.05) is 0 Å². The highest BCUT2D eigenvalue weighted by Crippen LogP contribution is 2.35. The number of aromatic carboxylic acids is 1. The van der Waals surface area contributed by atoms with Gasteiger partial charge in [-0.3, -0.25) is 9.69 Å². The van der Waals surface area contributed by atoms with Crippen molar-refractivity contribution in [3.8, 4) is 0 Å². The van der Waals surface area contributed by atoms with Crippen LogP contribution in [0.25, 0.3) is 0 Å². The highest BCUT2D eigenvalue weighted by atomic mass is 19.1. The van der Waals surface area contributed by atoms with Gasteiger partial charge in [-0.1, -0.05) is 6.92 Å². The van der Waals surface area contributed by atoms with Gasteiger partial charge in [0.25, 0.3) is 0 Å². The van der Waals surface area contributed by atoms with Crippen molar-refractivity contribution in [1.82, 2.24) is 0 Å². The van der Waals surface area contributed by atoms with E-state index >= 15 is 0 Å². The summed E-state index contributed by atoms with van der Waals surface area (Å²) in [4.78, 5) is 23.5. The molecule has 0 aliphatic carbocycles. The molecule has 96 valence electrons. The second kappa shape index (κ2) is 4.40. The number of carbonyl (C=O) groups excluding carboxylic acids is 1. The molecule has 1 aliphatic rings. The van der Waals surface area contributed by atoms with Gasteiger partial charge >= 0.3 is 5.97 Å². The minimum absolute atomic E-state index is 0.154. The number of hydrogen-bond donors (Lipinski definition) is 1. The van der Waals surface area contributed by atoms with Gasteiger partial charge in [0.15, 0.2) is 6.30 Å². The molecule has 1 unspecified atom stereocenters. The summed E-state index contributed by atoms with van der Waals surface area (Å²) in [5.74, 6) is -1.74. The van der Waals surface area contributed by atoms with E-state index in [0.717, 1.165) is 4.90 Å². The van der Waals surface area contributed by atoms with Crippen LogP contribution >= 0.6 is 0 Å². The molecule has 0 bridgehead atoms. The summed E-state index contributed by atoms with van der Waals surface area (Å²) in [5.41, 5.74) is 1.33. The minimum Gasteiger partial charge on any atom is -0.478 e. The van der Waals surface area contributed by atoms with Crippen LogP contribution in [0.2, 0.25) is 0 Å². The van der Waals surface area contributed by atoms with Crippen LogP contribution in [0.1, 0.15) is 29.8 Å². The lowest BCUT2D eigenvalue weighted by molar-refractivity contribution is -0.118. The van der Waals surface area contributed by atoms with Crippen LogP contribution in [0.5, 0.6) is 0 Å². The number of hydrogen-bond acceptors (Lipinski definition) is 2. The van der Waals surface area contributed by atoms with Crippen LogP contribution < -0.4 is 4.90 Å². The van der Waals surface area contributed by atoms with Crippen molar-refractivity contribution >= 4 is 17.6 Å². The molecular formula is C13H14FNO3. The van der Waals surface area contributed by atoms with Gasteiger partial charge in [0.2, 0.25) is 5.91 Å². The largest absolute Gasteiger partial charge is 0.478 e. The van der Waals surface area contributed by atoms with Crippen molar-refractivity contribution in [2.45, 2.75) is 26.6 Å². The zero-order valence-corrected chi connectivity index (χ0v) is 10.2. The predicted molar refractivity (Wildman–Crippen MR) is 64.3 cm³/mol. The van der Waals surface area contributed by atoms with Crippen LogP contribution in [0.4, 0.5) is 10.1 Å². The Bertz CT molecular complexity index is 515. The number of fused-ring (bicyclic) bond motifs is 1.